The summed E-state index contributed by atoms with van der Waals surface area (Å²) in [6.07, 6.45) is 10.5. The largest absolute Gasteiger partial charge is 0.393 e. The molecule has 0 atom stereocenters. The van der Waals surface area contributed by atoms with E-state index in [9.17, 15) is 4.79 Å². The SMILES string of the molecule is NC(=S)CCN(CC(=O)NC1CCCCCC1)C1CC1. The Labute approximate surface area is 127 Å². The number of carbonyl (C=O) groups is 1. The van der Waals surface area contributed by atoms with Crippen molar-refractivity contribution in [1.82, 2.24) is 10.2 Å². The van der Waals surface area contributed by atoms with Crippen molar-refractivity contribution in [1.29, 1.82) is 0 Å². The molecule has 0 aliphatic heterocycles. The van der Waals surface area contributed by atoms with Crippen LogP contribution in [0.1, 0.15) is 57.8 Å². The first-order chi connectivity index (χ1) is 9.65. The first-order valence-corrected chi connectivity index (χ1v) is 8.37. The van der Waals surface area contributed by atoms with Crippen molar-refractivity contribution < 1.29 is 4.79 Å². The second kappa shape index (κ2) is 7.93. The third kappa shape index (κ3) is 5.75. The van der Waals surface area contributed by atoms with E-state index in [1.54, 1.807) is 0 Å². The smallest absolute Gasteiger partial charge is 0.234 e. The van der Waals surface area contributed by atoms with Crippen LogP contribution in [-0.4, -0.2) is 41.0 Å². The van der Waals surface area contributed by atoms with Crippen LogP contribution in [-0.2, 0) is 4.79 Å². The van der Waals surface area contributed by atoms with Gasteiger partial charge in [-0.15, -0.1) is 0 Å². The van der Waals surface area contributed by atoms with Gasteiger partial charge in [-0.3, -0.25) is 9.69 Å². The number of nitrogens with two attached hydrogens (primary N) is 1. The molecule has 0 radical (unpaired) electrons. The van der Waals surface area contributed by atoms with Gasteiger partial charge in [0.15, 0.2) is 0 Å². The van der Waals surface area contributed by atoms with Crippen LogP contribution in [0.4, 0.5) is 0 Å². The molecule has 2 fully saturated rings. The monoisotopic (exact) mass is 297 g/mol. The van der Waals surface area contributed by atoms with Crippen molar-refractivity contribution in [2.75, 3.05) is 13.1 Å². The van der Waals surface area contributed by atoms with Crippen LogP contribution in [0, 0.1) is 0 Å². The lowest BCUT2D eigenvalue weighted by molar-refractivity contribution is -0.123. The number of amides is 1. The lowest BCUT2D eigenvalue weighted by Crippen LogP contribution is -2.43. The highest BCUT2D eigenvalue weighted by atomic mass is 32.1. The van der Waals surface area contributed by atoms with Crippen LogP contribution in [0.15, 0.2) is 0 Å². The molecule has 0 heterocycles. The minimum absolute atomic E-state index is 0.173. The van der Waals surface area contributed by atoms with Gasteiger partial charge in [-0.2, -0.15) is 0 Å². The molecule has 1 amide bonds. The Morgan fingerprint density at radius 2 is 1.80 bits per heavy atom. The first kappa shape index (κ1) is 15.7. The molecule has 0 aromatic heterocycles. The van der Waals surface area contributed by atoms with Crippen LogP contribution in [0.3, 0.4) is 0 Å². The molecule has 2 aliphatic rings. The number of nitrogens with zero attached hydrogens (tertiary/aromatic N) is 1. The van der Waals surface area contributed by atoms with Gasteiger partial charge in [0, 0.05) is 25.0 Å². The molecule has 5 heteroatoms. The van der Waals surface area contributed by atoms with E-state index in [2.05, 4.69) is 10.2 Å². The third-order valence-corrected chi connectivity index (χ3v) is 4.48. The summed E-state index contributed by atoms with van der Waals surface area (Å²) in [5.74, 6) is 0.173. The van der Waals surface area contributed by atoms with Crippen LogP contribution < -0.4 is 11.1 Å². The summed E-state index contributed by atoms with van der Waals surface area (Å²) in [6, 6.07) is 0.964. The number of carbonyl (C=O) groups excluding carboxylic acids is 1. The fourth-order valence-electron chi connectivity index (χ4n) is 2.97. The van der Waals surface area contributed by atoms with Gasteiger partial charge in [0.05, 0.1) is 11.5 Å². The predicted octanol–water partition coefficient (Wildman–Crippen LogP) is 1.97. The summed E-state index contributed by atoms with van der Waals surface area (Å²) < 4.78 is 0. The summed E-state index contributed by atoms with van der Waals surface area (Å²) in [5.41, 5.74) is 5.56. The van der Waals surface area contributed by atoms with Crippen molar-refractivity contribution in [3.05, 3.63) is 0 Å². The zero-order valence-corrected chi connectivity index (χ0v) is 13.1. The summed E-state index contributed by atoms with van der Waals surface area (Å²) in [4.78, 5) is 15.0. The van der Waals surface area contributed by atoms with E-state index >= 15 is 0 Å². The van der Waals surface area contributed by atoms with Gasteiger partial charge in [-0.25, -0.2) is 0 Å². The maximum Gasteiger partial charge on any atom is 0.234 e. The number of hydrogen-bond donors (Lipinski definition) is 2. The molecule has 0 saturated heterocycles. The molecule has 2 rings (SSSR count). The topological polar surface area (TPSA) is 58.4 Å². The third-order valence-electron chi connectivity index (χ3n) is 4.28. The standard InChI is InChI=1S/C15H27N3OS/c16-14(20)9-10-18(13-7-8-13)11-15(19)17-12-5-3-1-2-4-6-12/h12-13H,1-11H2,(H2,16,20)(H,17,19). The molecule has 0 aromatic rings. The number of rotatable bonds is 7. The zero-order chi connectivity index (χ0) is 14.4. The molecule has 0 unspecified atom stereocenters. The average Bonchev–Trinajstić information content (AvgIpc) is 3.21. The Bertz CT molecular complexity index is 336. The lowest BCUT2D eigenvalue weighted by atomic mass is 10.1. The van der Waals surface area contributed by atoms with Crippen LogP contribution in [0.25, 0.3) is 0 Å². The van der Waals surface area contributed by atoms with E-state index in [0.717, 1.165) is 19.4 Å². The van der Waals surface area contributed by atoms with E-state index in [1.807, 2.05) is 0 Å². The molecule has 2 aliphatic carbocycles. The second-order valence-corrected chi connectivity index (χ2v) is 6.70. The second-order valence-electron chi connectivity index (χ2n) is 6.17. The molecule has 0 aromatic carbocycles. The van der Waals surface area contributed by atoms with Crippen molar-refractivity contribution in [2.45, 2.75) is 69.9 Å². The lowest BCUT2D eigenvalue weighted by Gasteiger charge is -2.23. The van der Waals surface area contributed by atoms with Gasteiger partial charge in [0.25, 0.3) is 0 Å². The number of hydrogen-bond acceptors (Lipinski definition) is 3. The van der Waals surface area contributed by atoms with Crippen molar-refractivity contribution in [2.24, 2.45) is 5.73 Å². The van der Waals surface area contributed by atoms with Crippen LogP contribution in [0.2, 0.25) is 0 Å². The minimum atomic E-state index is 0.173. The fraction of sp³-hybridized carbons (Fsp3) is 0.867. The molecule has 114 valence electrons. The summed E-state index contributed by atoms with van der Waals surface area (Å²) in [7, 11) is 0. The average molecular weight is 297 g/mol. The molecule has 0 spiro atoms. The molecular weight excluding hydrogens is 270 g/mol. The zero-order valence-electron chi connectivity index (χ0n) is 12.3. The molecule has 2 saturated carbocycles. The Kier molecular flexibility index (Phi) is 6.23. The predicted molar refractivity (Wildman–Crippen MR) is 85.6 cm³/mol. The summed E-state index contributed by atoms with van der Waals surface area (Å²) >= 11 is 4.93. The molecular formula is C15H27N3OS. The number of thiocarbonyl (C=S) groups is 1. The van der Waals surface area contributed by atoms with E-state index in [4.69, 9.17) is 18.0 Å². The van der Waals surface area contributed by atoms with Gasteiger partial charge >= 0.3 is 0 Å². The highest BCUT2D eigenvalue weighted by Gasteiger charge is 2.30. The van der Waals surface area contributed by atoms with Crippen LogP contribution in [0.5, 0.6) is 0 Å². The van der Waals surface area contributed by atoms with Crippen molar-refractivity contribution >= 4 is 23.1 Å². The highest BCUT2D eigenvalue weighted by molar-refractivity contribution is 7.80. The number of nitrogens with one attached hydrogen (secondary N) is 1. The highest BCUT2D eigenvalue weighted by Crippen LogP contribution is 2.26. The first-order valence-electron chi connectivity index (χ1n) is 7.97. The Morgan fingerprint density at radius 1 is 1.15 bits per heavy atom. The fourth-order valence-corrected chi connectivity index (χ4v) is 3.06. The maximum absolute atomic E-state index is 12.2. The van der Waals surface area contributed by atoms with Gasteiger partial charge in [0.1, 0.15) is 0 Å². The van der Waals surface area contributed by atoms with Gasteiger partial charge in [-0.05, 0) is 25.7 Å². The quantitative estimate of drug-likeness (QED) is 0.557. The van der Waals surface area contributed by atoms with E-state index in [1.165, 1.54) is 38.5 Å². The molecule has 20 heavy (non-hydrogen) atoms. The minimum Gasteiger partial charge on any atom is -0.393 e. The molecule has 3 N–H and O–H groups in total. The summed E-state index contributed by atoms with van der Waals surface area (Å²) in [5, 5.41) is 3.21. The molecule has 0 bridgehead atoms. The van der Waals surface area contributed by atoms with Gasteiger partial charge in [0.2, 0.25) is 5.91 Å². The molecule has 4 nitrogen and oxygen atoms in total. The maximum atomic E-state index is 12.2. The normalized spacial score (nSPS) is 20.6. The van der Waals surface area contributed by atoms with Gasteiger partial charge < -0.3 is 11.1 Å². The van der Waals surface area contributed by atoms with E-state index in [-0.39, 0.29) is 5.91 Å². The van der Waals surface area contributed by atoms with E-state index < -0.39 is 0 Å². The summed E-state index contributed by atoms with van der Waals surface area (Å²) in [6.45, 7) is 1.32. The van der Waals surface area contributed by atoms with Crippen molar-refractivity contribution in [3.8, 4) is 0 Å². The Balaban J connectivity index is 1.74. The van der Waals surface area contributed by atoms with E-state index in [0.29, 0.717) is 30.0 Å². The van der Waals surface area contributed by atoms with Crippen molar-refractivity contribution in [3.63, 3.8) is 0 Å². The Hall–Kier alpha value is -0.680. The Morgan fingerprint density at radius 3 is 2.35 bits per heavy atom. The van der Waals surface area contributed by atoms with Crippen LogP contribution >= 0.6 is 12.2 Å². The van der Waals surface area contributed by atoms with Gasteiger partial charge in [-0.1, -0.05) is 37.9 Å².